The van der Waals surface area contributed by atoms with Crippen molar-refractivity contribution in [3.05, 3.63) is 142 Å². The molecule has 0 spiro atoms. The van der Waals surface area contributed by atoms with Gasteiger partial charge in [0, 0.05) is 123 Å². The van der Waals surface area contributed by atoms with Crippen molar-refractivity contribution in [2.75, 3.05) is 92.9 Å². The number of benzene rings is 4. The van der Waals surface area contributed by atoms with E-state index >= 15 is 0 Å². The van der Waals surface area contributed by atoms with Crippen LogP contribution in [0.1, 0.15) is 67.4 Å². The van der Waals surface area contributed by atoms with Crippen molar-refractivity contribution in [2.45, 2.75) is 78.7 Å². The molecule has 5 aromatic rings. The van der Waals surface area contributed by atoms with Crippen LogP contribution in [-0.2, 0) is 31.2 Å². The van der Waals surface area contributed by atoms with Gasteiger partial charge >= 0.3 is 11.5 Å². The van der Waals surface area contributed by atoms with Gasteiger partial charge in [0.2, 0.25) is 11.9 Å². The molecule has 9 rings (SSSR count). The van der Waals surface area contributed by atoms with Crippen LogP contribution in [0.15, 0.2) is 129 Å². The number of allylic oxidation sites excluding steroid dienone is 1. The number of carbonyl (C=O) groups excluding carboxylic acids is 3. The Labute approximate surface area is 479 Å². The summed E-state index contributed by atoms with van der Waals surface area (Å²) in [6.45, 7) is 11.5. The molecule has 3 N–H and O–H groups in total. The lowest BCUT2D eigenvalue weighted by atomic mass is 9.73. The highest BCUT2D eigenvalue weighted by molar-refractivity contribution is 7.99. The molecule has 16 nitrogen and oxygen atoms in total. The molecule has 0 unspecified atom stereocenters. The third-order valence-electron chi connectivity index (χ3n) is 15.2. The van der Waals surface area contributed by atoms with Gasteiger partial charge in [-0.15, -0.1) is 11.8 Å². The Balaban J connectivity index is 0.842. The summed E-state index contributed by atoms with van der Waals surface area (Å²) in [4.78, 5) is 50.7. The Kier molecular flexibility index (Phi) is 18.5. The van der Waals surface area contributed by atoms with Gasteiger partial charge in [-0.2, -0.15) is 17.6 Å². The highest BCUT2D eigenvalue weighted by Gasteiger charge is 2.48. The topological polar surface area (TPSA) is 185 Å². The Morgan fingerprint density at radius 3 is 2.15 bits per heavy atom. The average molecular weight is 1190 g/mol. The van der Waals surface area contributed by atoms with E-state index in [1.54, 1.807) is 18.2 Å². The standard InChI is InChI=1S/C57H64ClF4N9O7S3/c1-56(2)23-20-48(39-8-13-43(58)14-9-39)42(35-56)37-69-30-32-70(33-31-69)45-15-10-40(11-16-45)54(73)66-81(77,78)47-17-18-49(50(34-47)80(75,76)57(60,61)62)63-44(38-79-46-6-4-3-5-7-46)21-24-67-26-28-68(29-27-67)36-41-12-19-51(59)64-53(41)71-25-22-52(72)65-55(71)74/h3-19,34,44,63H,20-33,35-38H2,1-2H3,(H,66,73)(H,65,72,74)/t44-/m1/s1. The van der Waals surface area contributed by atoms with Crippen LogP contribution in [0.4, 0.5) is 39.5 Å². The van der Waals surface area contributed by atoms with E-state index in [2.05, 4.69) is 61.2 Å². The molecular weight excluding hydrogens is 1130 g/mol. The van der Waals surface area contributed by atoms with E-state index in [1.165, 1.54) is 51.6 Å². The van der Waals surface area contributed by atoms with Crippen molar-refractivity contribution in [1.82, 2.24) is 29.7 Å². The van der Waals surface area contributed by atoms with Crippen LogP contribution in [-0.4, -0.2) is 144 Å². The zero-order chi connectivity index (χ0) is 57.7. The van der Waals surface area contributed by atoms with Gasteiger partial charge in [0.1, 0.15) is 10.7 Å². The molecule has 432 valence electrons. The van der Waals surface area contributed by atoms with Crippen LogP contribution in [0, 0.1) is 11.4 Å². The number of imide groups is 1. The second-order valence-electron chi connectivity index (χ2n) is 21.5. The maximum atomic E-state index is 14.5. The molecule has 0 saturated carbocycles. The van der Waals surface area contributed by atoms with E-state index in [4.69, 9.17) is 11.6 Å². The number of sulfone groups is 1. The van der Waals surface area contributed by atoms with Crippen LogP contribution >= 0.6 is 23.4 Å². The van der Waals surface area contributed by atoms with Gasteiger partial charge in [-0.05, 0) is 121 Å². The number of hydrogen-bond acceptors (Lipinski definition) is 14. The largest absolute Gasteiger partial charge is 0.501 e. The minimum Gasteiger partial charge on any atom is -0.380 e. The lowest BCUT2D eigenvalue weighted by Crippen LogP contribution is -2.50. The first-order valence-electron chi connectivity index (χ1n) is 26.7. The molecule has 1 aromatic heterocycles. The SMILES string of the molecule is CC1(C)CCC(c2ccc(Cl)cc2)=C(CN2CCN(c3ccc(C(=O)NS(=O)(=O)c4ccc(N[C@H](CCN5CCN(Cc6ccc(F)nc6N6CCC(=O)NC6=O)CC5)CSc5ccccc5)c(S(=O)(=O)C(F)(F)F)c4)cc3)CC2)C1. The summed E-state index contributed by atoms with van der Waals surface area (Å²) in [5.74, 6) is -1.87. The van der Waals surface area contributed by atoms with Gasteiger partial charge in [0.25, 0.3) is 25.8 Å². The van der Waals surface area contributed by atoms with Crippen LogP contribution in [0.25, 0.3) is 5.57 Å². The van der Waals surface area contributed by atoms with Crippen molar-refractivity contribution in [2.24, 2.45) is 5.41 Å². The minimum atomic E-state index is -6.16. The minimum absolute atomic E-state index is 0.0357. The summed E-state index contributed by atoms with van der Waals surface area (Å²) < 4.78 is 114. The maximum absolute atomic E-state index is 14.5. The number of pyridine rings is 1. The number of nitrogens with one attached hydrogen (secondary N) is 3. The number of hydrogen-bond donors (Lipinski definition) is 3. The predicted octanol–water partition coefficient (Wildman–Crippen LogP) is 9.30. The highest BCUT2D eigenvalue weighted by Crippen LogP contribution is 2.43. The number of thioether (sulfide) groups is 1. The van der Waals surface area contributed by atoms with Gasteiger partial charge in [-0.25, -0.2) is 31.3 Å². The molecular formula is C57H64ClF4N9O7S3. The molecule has 3 fully saturated rings. The monoisotopic (exact) mass is 1190 g/mol. The fraction of sp³-hybridized carbons (Fsp3) is 0.404. The summed E-state index contributed by atoms with van der Waals surface area (Å²) in [7, 11) is -11.1. The molecule has 3 saturated heterocycles. The number of carbonyl (C=O) groups is 3. The second-order valence-corrected chi connectivity index (χ2v) is 26.6. The quantitative estimate of drug-likeness (QED) is 0.0404. The van der Waals surface area contributed by atoms with Crippen LogP contribution in [0.2, 0.25) is 5.02 Å². The number of amides is 4. The molecule has 4 heterocycles. The van der Waals surface area contributed by atoms with Crippen LogP contribution in [0.3, 0.4) is 0 Å². The first-order valence-corrected chi connectivity index (χ1v) is 31.1. The van der Waals surface area contributed by atoms with E-state index < -0.39 is 70.7 Å². The zero-order valence-electron chi connectivity index (χ0n) is 44.9. The third kappa shape index (κ3) is 15.0. The fourth-order valence-electron chi connectivity index (χ4n) is 10.7. The fourth-order valence-corrected chi connectivity index (χ4v) is 13.8. The Morgan fingerprint density at radius 2 is 1.47 bits per heavy atom. The van der Waals surface area contributed by atoms with Gasteiger partial charge in [-0.1, -0.05) is 61.4 Å². The molecule has 3 aliphatic heterocycles. The molecule has 1 aliphatic carbocycles. The number of aromatic nitrogens is 1. The van der Waals surface area contributed by atoms with Gasteiger partial charge in [-0.3, -0.25) is 29.6 Å². The number of sulfonamides is 1. The average Bonchev–Trinajstić information content (AvgIpc) is 3.62. The number of anilines is 3. The lowest BCUT2D eigenvalue weighted by Gasteiger charge is -2.39. The number of piperazine rings is 2. The summed E-state index contributed by atoms with van der Waals surface area (Å²) in [5.41, 5.74) is -0.699. The van der Waals surface area contributed by atoms with Gasteiger partial charge in [0.05, 0.1) is 10.6 Å². The number of alkyl halides is 3. The molecule has 4 aliphatic rings. The van der Waals surface area contributed by atoms with Crippen LogP contribution in [0.5, 0.6) is 0 Å². The smallest absolute Gasteiger partial charge is 0.380 e. The van der Waals surface area contributed by atoms with Crippen molar-refractivity contribution < 1.29 is 48.8 Å². The normalized spacial score (nSPS) is 18.4. The van der Waals surface area contributed by atoms with Gasteiger partial charge in [0.15, 0.2) is 0 Å². The number of rotatable bonds is 19. The van der Waals surface area contributed by atoms with Crippen molar-refractivity contribution in [1.29, 1.82) is 0 Å². The van der Waals surface area contributed by atoms with E-state index in [-0.39, 0.29) is 35.5 Å². The molecule has 0 radical (unpaired) electrons. The zero-order valence-corrected chi connectivity index (χ0v) is 48.1. The summed E-state index contributed by atoms with van der Waals surface area (Å²) in [6.07, 6.45) is 3.47. The van der Waals surface area contributed by atoms with E-state index in [0.717, 1.165) is 61.6 Å². The van der Waals surface area contributed by atoms with Crippen molar-refractivity contribution in [3.8, 4) is 0 Å². The first-order chi connectivity index (χ1) is 38.5. The van der Waals surface area contributed by atoms with E-state index in [0.29, 0.717) is 75.4 Å². The van der Waals surface area contributed by atoms with Crippen molar-refractivity contribution >= 4 is 83.8 Å². The molecule has 4 amide bonds. The predicted molar refractivity (Wildman–Crippen MR) is 306 cm³/mol. The summed E-state index contributed by atoms with van der Waals surface area (Å²) in [5, 5.41) is 5.94. The van der Waals surface area contributed by atoms with Crippen molar-refractivity contribution in [3.63, 3.8) is 0 Å². The summed E-state index contributed by atoms with van der Waals surface area (Å²) >= 11 is 7.60. The molecule has 4 aromatic carbocycles. The molecule has 81 heavy (non-hydrogen) atoms. The Morgan fingerprint density at radius 1 is 0.802 bits per heavy atom. The second kappa shape index (κ2) is 25.2. The van der Waals surface area contributed by atoms with Gasteiger partial charge < -0.3 is 15.1 Å². The number of halogens is 5. The van der Waals surface area contributed by atoms with E-state index in [9.17, 15) is 48.8 Å². The maximum Gasteiger partial charge on any atom is 0.501 e. The summed E-state index contributed by atoms with van der Waals surface area (Å²) in [6, 6.07) is 27.4. The third-order valence-corrected chi connectivity index (χ3v) is 19.4. The molecule has 0 bridgehead atoms. The van der Waals surface area contributed by atoms with E-state index in [1.807, 2.05) is 47.2 Å². The highest BCUT2D eigenvalue weighted by atomic mass is 35.5. The van der Waals surface area contributed by atoms with Crippen LogP contribution < -0.4 is 25.2 Å². The Bertz CT molecular complexity index is 3360. The first kappa shape index (κ1) is 59.5. The Hall–Kier alpha value is -6.08. The number of nitrogens with zero attached hydrogens (tertiary/aromatic N) is 6. The molecule has 24 heteroatoms. The lowest BCUT2D eigenvalue weighted by molar-refractivity contribution is -0.120. The number of urea groups is 1. The molecule has 1 atom stereocenters.